The Morgan fingerprint density at radius 2 is 2.42 bits per heavy atom. The number of nitrogens with two attached hydrogens (primary N) is 1. The highest BCUT2D eigenvalue weighted by molar-refractivity contribution is 7.11. The number of hydrogen-bond acceptors (Lipinski definition) is 4. The summed E-state index contributed by atoms with van der Waals surface area (Å²) in [5, 5.41) is 10.2. The lowest BCUT2D eigenvalue weighted by Gasteiger charge is -2.22. The van der Waals surface area contributed by atoms with Crippen LogP contribution in [-0.4, -0.2) is 23.2 Å². The van der Waals surface area contributed by atoms with Crippen LogP contribution in [0.25, 0.3) is 0 Å². The Labute approximate surface area is 76.3 Å². The molecule has 1 rings (SSSR count). The van der Waals surface area contributed by atoms with Gasteiger partial charge in [-0.2, -0.15) is 0 Å². The second-order valence-corrected chi connectivity index (χ2v) is 4.40. The Balaban J connectivity index is 2.94. The number of rotatable bonds is 3. The molecule has 0 fully saturated rings. The van der Waals surface area contributed by atoms with Gasteiger partial charge in [-0.1, -0.05) is 6.92 Å². The van der Waals surface area contributed by atoms with Crippen molar-refractivity contribution in [2.45, 2.75) is 19.3 Å². The van der Waals surface area contributed by atoms with E-state index in [4.69, 9.17) is 10.8 Å². The molecule has 0 radical (unpaired) electrons. The van der Waals surface area contributed by atoms with E-state index in [1.54, 1.807) is 17.5 Å². The first-order valence-electron chi connectivity index (χ1n) is 3.86. The molecule has 0 saturated heterocycles. The number of aryl methyl sites for hydroxylation is 1. The smallest absolute Gasteiger partial charge is 0.0896 e. The fourth-order valence-electron chi connectivity index (χ4n) is 0.883. The number of thiazole rings is 1. The monoisotopic (exact) mass is 186 g/mol. The molecule has 0 spiro atoms. The Morgan fingerprint density at radius 1 is 1.75 bits per heavy atom. The third-order valence-corrected chi connectivity index (χ3v) is 3.23. The summed E-state index contributed by atoms with van der Waals surface area (Å²) in [6.45, 7) is 4.42. The molecule has 0 amide bonds. The van der Waals surface area contributed by atoms with Gasteiger partial charge in [-0.25, -0.2) is 4.98 Å². The van der Waals surface area contributed by atoms with E-state index in [0.717, 1.165) is 9.88 Å². The number of aliphatic hydroxyl groups is 1. The first kappa shape index (κ1) is 9.64. The molecular formula is C8H14N2OS. The van der Waals surface area contributed by atoms with Crippen molar-refractivity contribution in [2.24, 2.45) is 5.73 Å². The summed E-state index contributed by atoms with van der Waals surface area (Å²) < 4.78 is 0. The molecule has 68 valence electrons. The lowest BCUT2D eigenvalue weighted by molar-refractivity contribution is 0.212. The van der Waals surface area contributed by atoms with E-state index in [0.29, 0.717) is 6.54 Å². The van der Waals surface area contributed by atoms with Crippen LogP contribution in [0.4, 0.5) is 0 Å². The van der Waals surface area contributed by atoms with Crippen LogP contribution in [0.15, 0.2) is 6.20 Å². The van der Waals surface area contributed by atoms with E-state index in [9.17, 15) is 0 Å². The minimum Gasteiger partial charge on any atom is -0.395 e. The molecule has 0 aliphatic heterocycles. The second-order valence-electron chi connectivity index (χ2n) is 3.17. The largest absolute Gasteiger partial charge is 0.395 e. The molecule has 0 saturated carbocycles. The van der Waals surface area contributed by atoms with E-state index in [1.165, 1.54) is 0 Å². The molecule has 1 aromatic rings. The summed E-state index contributed by atoms with van der Waals surface area (Å²) in [5.41, 5.74) is 5.26. The summed E-state index contributed by atoms with van der Waals surface area (Å²) >= 11 is 1.59. The Bertz CT molecular complexity index is 255. The molecule has 0 aliphatic rings. The standard InChI is InChI=1S/C8H14N2OS/c1-6-10-3-7(12-6)8(2,4-9)5-11/h3,11H,4-5,9H2,1-2H3. The molecule has 1 heterocycles. The molecule has 3 nitrogen and oxygen atoms in total. The first-order valence-corrected chi connectivity index (χ1v) is 4.68. The third kappa shape index (κ3) is 1.65. The zero-order valence-corrected chi connectivity index (χ0v) is 8.19. The van der Waals surface area contributed by atoms with Crippen molar-refractivity contribution in [2.75, 3.05) is 13.2 Å². The summed E-state index contributed by atoms with van der Waals surface area (Å²) in [4.78, 5) is 5.19. The fourth-order valence-corrected chi connectivity index (χ4v) is 1.81. The van der Waals surface area contributed by atoms with E-state index in [1.807, 2.05) is 13.8 Å². The van der Waals surface area contributed by atoms with Gasteiger partial charge in [0.2, 0.25) is 0 Å². The predicted octanol–water partition coefficient (Wildman–Crippen LogP) is 0.660. The minimum atomic E-state index is -0.314. The van der Waals surface area contributed by atoms with Gasteiger partial charge in [0.25, 0.3) is 0 Å². The molecule has 1 unspecified atom stereocenters. The number of nitrogens with zero attached hydrogens (tertiary/aromatic N) is 1. The van der Waals surface area contributed by atoms with Gasteiger partial charge in [0, 0.05) is 23.0 Å². The molecule has 1 atom stereocenters. The van der Waals surface area contributed by atoms with Gasteiger partial charge in [-0.05, 0) is 6.92 Å². The number of hydrogen-bond donors (Lipinski definition) is 2. The van der Waals surface area contributed by atoms with Gasteiger partial charge in [0.1, 0.15) is 0 Å². The molecule has 0 aromatic carbocycles. The van der Waals surface area contributed by atoms with Crippen LogP contribution in [-0.2, 0) is 5.41 Å². The highest BCUT2D eigenvalue weighted by Crippen LogP contribution is 2.26. The number of aromatic nitrogens is 1. The van der Waals surface area contributed by atoms with Crippen molar-refractivity contribution in [3.8, 4) is 0 Å². The maximum Gasteiger partial charge on any atom is 0.0896 e. The van der Waals surface area contributed by atoms with Crippen molar-refractivity contribution < 1.29 is 5.11 Å². The van der Waals surface area contributed by atoms with Crippen molar-refractivity contribution in [1.29, 1.82) is 0 Å². The molecule has 3 N–H and O–H groups in total. The maximum absolute atomic E-state index is 9.15. The first-order chi connectivity index (χ1) is 5.62. The van der Waals surface area contributed by atoms with Crippen molar-refractivity contribution in [3.63, 3.8) is 0 Å². The van der Waals surface area contributed by atoms with Crippen LogP contribution in [0, 0.1) is 6.92 Å². The van der Waals surface area contributed by atoms with Crippen molar-refractivity contribution in [1.82, 2.24) is 4.98 Å². The van der Waals surface area contributed by atoms with E-state index in [-0.39, 0.29) is 12.0 Å². The van der Waals surface area contributed by atoms with E-state index >= 15 is 0 Å². The summed E-state index contributed by atoms with van der Waals surface area (Å²) in [5.74, 6) is 0. The summed E-state index contributed by atoms with van der Waals surface area (Å²) in [6.07, 6.45) is 1.79. The summed E-state index contributed by atoms with van der Waals surface area (Å²) in [6, 6.07) is 0. The lowest BCUT2D eigenvalue weighted by atomic mass is 9.91. The third-order valence-electron chi connectivity index (χ3n) is 2.02. The normalized spacial score (nSPS) is 16.0. The van der Waals surface area contributed by atoms with Gasteiger partial charge < -0.3 is 10.8 Å². The van der Waals surface area contributed by atoms with Gasteiger partial charge in [0.15, 0.2) is 0 Å². The quantitative estimate of drug-likeness (QED) is 0.729. The molecule has 4 heteroatoms. The highest BCUT2D eigenvalue weighted by Gasteiger charge is 2.26. The van der Waals surface area contributed by atoms with Crippen LogP contribution in [0.3, 0.4) is 0 Å². The van der Waals surface area contributed by atoms with E-state index < -0.39 is 0 Å². The SMILES string of the molecule is Cc1ncc(C(C)(CN)CO)s1. The average molecular weight is 186 g/mol. The van der Waals surface area contributed by atoms with Crippen LogP contribution in [0.1, 0.15) is 16.8 Å². The van der Waals surface area contributed by atoms with Crippen LogP contribution < -0.4 is 5.73 Å². The van der Waals surface area contributed by atoms with Crippen LogP contribution >= 0.6 is 11.3 Å². The highest BCUT2D eigenvalue weighted by atomic mass is 32.1. The molecule has 12 heavy (non-hydrogen) atoms. The Kier molecular flexibility index (Phi) is 2.82. The average Bonchev–Trinajstić information content (AvgIpc) is 2.51. The topological polar surface area (TPSA) is 59.1 Å². The molecule has 1 aromatic heterocycles. The Hall–Kier alpha value is -0.450. The van der Waals surface area contributed by atoms with Gasteiger partial charge in [0.05, 0.1) is 11.6 Å². The van der Waals surface area contributed by atoms with Gasteiger partial charge in [-0.15, -0.1) is 11.3 Å². The zero-order valence-electron chi connectivity index (χ0n) is 7.37. The van der Waals surface area contributed by atoms with Crippen LogP contribution in [0.2, 0.25) is 0 Å². The van der Waals surface area contributed by atoms with Crippen molar-refractivity contribution >= 4 is 11.3 Å². The van der Waals surface area contributed by atoms with Crippen molar-refractivity contribution in [3.05, 3.63) is 16.1 Å². The van der Waals surface area contributed by atoms with E-state index in [2.05, 4.69) is 4.98 Å². The summed E-state index contributed by atoms with van der Waals surface area (Å²) in [7, 11) is 0. The Morgan fingerprint density at radius 3 is 2.75 bits per heavy atom. The minimum absolute atomic E-state index is 0.0745. The fraction of sp³-hybridized carbons (Fsp3) is 0.625. The maximum atomic E-state index is 9.15. The lowest BCUT2D eigenvalue weighted by Crippen LogP contribution is -2.34. The van der Waals surface area contributed by atoms with Gasteiger partial charge >= 0.3 is 0 Å². The molecule has 0 aliphatic carbocycles. The number of aliphatic hydroxyl groups excluding tert-OH is 1. The van der Waals surface area contributed by atoms with Gasteiger partial charge in [-0.3, -0.25) is 0 Å². The predicted molar refractivity (Wildman–Crippen MR) is 50.3 cm³/mol. The van der Waals surface area contributed by atoms with Crippen LogP contribution in [0.5, 0.6) is 0 Å². The molecule has 0 bridgehead atoms. The second kappa shape index (κ2) is 3.51. The zero-order chi connectivity index (χ0) is 9.19. The molecular weight excluding hydrogens is 172 g/mol.